The number of amides is 1. The maximum absolute atomic E-state index is 12.4. The Kier molecular flexibility index (Phi) is 4.55. The van der Waals surface area contributed by atoms with Crippen LogP contribution in [-0.4, -0.2) is 61.5 Å². The van der Waals surface area contributed by atoms with E-state index in [1.807, 2.05) is 0 Å². The lowest BCUT2D eigenvalue weighted by Gasteiger charge is -2.37. The number of nitrogens with zero attached hydrogens (tertiary/aromatic N) is 1. The molecule has 2 heterocycles. The highest BCUT2D eigenvalue weighted by Gasteiger charge is 2.37. The monoisotopic (exact) mass is 292 g/mol. The summed E-state index contributed by atoms with van der Waals surface area (Å²) in [5, 5.41) is 2.55. The van der Waals surface area contributed by atoms with Gasteiger partial charge in [0.15, 0.2) is 9.84 Å². The third-order valence-electron chi connectivity index (χ3n) is 3.47. The van der Waals surface area contributed by atoms with Crippen LogP contribution in [0, 0.1) is 0 Å². The number of sulfone groups is 1. The number of hydrogen-bond acceptors (Lipinski definition) is 5. The Hall–Kier alpha value is -0.270. The predicted molar refractivity (Wildman–Crippen MR) is 73.3 cm³/mol. The highest BCUT2D eigenvalue weighted by molar-refractivity contribution is 8.00. The number of piperidine rings is 1. The summed E-state index contributed by atoms with van der Waals surface area (Å²) in [6.45, 7) is 1.39. The summed E-state index contributed by atoms with van der Waals surface area (Å²) in [6.07, 6.45) is 4.17. The number of thioether (sulfide) groups is 1. The summed E-state index contributed by atoms with van der Waals surface area (Å²) in [5.41, 5.74) is 0. The topological polar surface area (TPSA) is 66.5 Å². The van der Waals surface area contributed by atoms with Gasteiger partial charge in [0, 0.05) is 24.3 Å². The Balaban J connectivity index is 2.10. The van der Waals surface area contributed by atoms with Gasteiger partial charge in [0.1, 0.15) is 5.37 Å². The van der Waals surface area contributed by atoms with E-state index >= 15 is 0 Å². The number of rotatable bonds is 2. The first kappa shape index (κ1) is 14.1. The lowest BCUT2D eigenvalue weighted by atomic mass is 10.0. The summed E-state index contributed by atoms with van der Waals surface area (Å²) in [6, 6.07) is -0.189. The molecule has 1 amide bonds. The van der Waals surface area contributed by atoms with Crippen molar-refractivity contribution in [2.45, 2.75) is 30.7 Å². The first-order valence-corrected chi connectivity index (χ1v) is 9.41. The molecular weight excluding hydrogens is 272 g/mol. The zero-order valence-corrected chi connectivity index (χ0v) is 12.2. The van der Waals surface area contributed by atoms with Gasteiger partial charge >= 0.3 is 0 Å². The molecule has 2 rings (SSSR count). The summed E-state index contributed by atoms with van der Waals surface area (Å²) in [4.78, 5) is 14.0. The second kappa shape index (κ2) is 5.79. The van der Waals surface area contributed by atoms with Crippen LogP contribution in [-0.2, 0) is 14.6 Å². The van der Waals surface area contributed by atoms with Gasteiger partial charge in [-0.2, -0.15) is 11.8 Å². The lowest BCUT2D eigenvalue weighted by Crippen LogP contribution is -2.56. The molecule has 2 saturated heterocycles. The Morgan fingerprint density at radius 2 is 2.17 bits per heavy atom. The minimum Gasteiger partial charge on any atom is -0.323 e. The van der Waals surface area contributed by atoms with E-state index in [-0.39, 0.29) is 11.9 Å². The molecule has 0 bridgehead atoms. The van der Waals surface area contributed by atoms with Crippen LogP contribution >= 0.6 is 11.8 Å². The van der Waals surface area contributed by atoms with Crippen molar-refractivity contribution < 1.29 is 13.2 Å². The molecule has 0 saturated carbocycles. The molecule has 0 aliphatic carbocycles. The first-order valence-electron chi connectivity index (χ1n) is 6.30. The third-order valence-corrected chi connectivity index (χ3v) is 6.11. The van der Waals surface area contributed by atoms with E-state index in [1.165, 1.54) is 6.26 Å². The average molecular weight is 292 g/mol. The van der Waals surface area contributed by atoms with Crippen LogP contribution in [0.4, 0.5) is 0 Å². The van der Waals surface area contributed by atoms with Crippen molar-refractivity contribution in [2.24, 2.45) is 0 Å². The summed E-state index contributed by atoms with van der Waals surface area (Å²) < 4.78 is 23.5. The van der Waals surface area contributed by atoms with Gasteiger partial charge in [-0.3, -0.25) is 4.79 Å². The van der Waals surface area contributed by atoms with Crippen LogP contribution in [0.25, 0.3) is 0 Å². The molecule has 0 radical (unpaired) electrons. The van der Waals surface area contributed by atoms with E-state index in [1.54, 1.807) is 16.7 Å². The van der Waals surface area contributed by atoms with Crippen molar-refractivity contribution in [3.8, 4) is 0 Å². The second-order valence-corrected chi connectivity index (χ2v) is 8.25. The number of carbonyl (C=O) groups excluding carboxylic acids is 1. The van der Waals surface area contributed by atoms with Crippen molar-refractivity contribution in [1.82, 2.24) is 10.2 Å². The molecule has 0 aromatic heterocycles. The van der Waals surface area contributed by atoms with Gasteiger partial charge in [-0.1, -0.05) is 6.42 Å². The van der Waals surface area contributed by atoms with Crippen molar-refractivity contribution >= 4 is 27.5 Å². The van der Waals surface area contributed by atoms with Gasteiger partial charge in [-0.25, -0.2) is 8.42 Å². The van der Waals surface area contributed by atoms with E-state index in [9.17, 15) is 13.2 Å². The van der Waals surface area contributed by atoms with Gasteiger partial charge in [0.2, 0.25) is 5.91 Å². The second-order valence-electron chi connectivity index (χ2n) is 4.89. The van der Waals surface area contributed by atoms with Gasteiger partial charge < -0.3 is 10.2 Å². The van der Waals surface area contributed by atoms with E-state index < -0.39 is 15.2 Å². The smallest absolute Gasteiger partial charge is 0.240 e. The fraction of sp³-hybridized carbons (Fsp3) is 0.909. The van der Waals surface area contributed by atoms with Crippen LogP contribution in [0.5, 0.6) is 0 Å². The van der Waals surface area contributed by atoms with E-state index in [0.29, 0.717) is 12.3 Å². The molecule has 2 aliphatic heterocycles. The number of hydrogen-bond donors (Lipinski definition) is 1. The molecule has 0 aromatic carbocycles. The van der Waals surface area contributed by atoms with Crippen molar-refractivity contribution in [1.29, 1.82) is 0 Å². The maximum Gasteiger partial charge on any atom is 0.240 e. The van der Waals surface area contributed by atoms with Gasteiger partial charge in [0.05, 0.1) is 6.04 Å². The molecule has 2 fully saturated rings. The summed E-state index contributed by atoms with van der Waals surface area (Å²) >= 11 is 1.60. The lowest BCUT2D eigenvalue weighted by molar-refractivity contribution is -0.134. The Morgan fingerprint density at radius 1 is 1.39 bits per heavy atom. The minimum absolute atomic E-state index is 0.0366. The average Bonchev–Trinajstić information content (AvgIpc) is 2.38. The van der Waals surface area contributed by atoms with E-state index in [4.69, 9.17) is 0 Å². The molecule has 7 heteroatoms. The molecule has 0 spiro atoms. The molecule has 1 N–H and O–H groups in total. The molecule has 2 unspecified atom stereocenters. The summed E-state index contributed by atoms with van der Waals surface area (Å²) in [5.74, 6) is 1.28. The Bertz CT molecular complexity index is 405. The van der Waals surface area contributed by atoms with Gasteiger partial charge in [0.25, 0.3) is 0 Å². The number of nitrogens with one attached hydrogen (secondary N) is 1. The van der Waals surface area contributed by atoms with Gasteiger partial charge in [-0.05, 0) is 19.4 Å². The van der Waals surface area contributed by atoms with Crippen molar-refractivity contribution in [3.63, 3.8) is 0 Å². The highest BCUT2D eigenvalue weighted by atomic mass is 32.2. The van der Waals surface area contributed by atoms with Crippen LogP contribution in [0.2, 0.25) is 0 Å². The predicted octanol–water partition coefficient (Wildman–Crippen LogP) is 0.0746. The molecule has 104 valence electrons. The van der Waals surface area contributed by atoms with Crippen LogP contribution in [0.3, 0.4) is 0 Å². The van der Waals surface area contributed by atoms with Crippen molar-refractivity contribution in [2.75, 3.05) is 30.9 Å². The van der Waals surface area contributed by atoms with E-state index in [2.05, 4.69) is 5.32 Å². The zero-order valence-electron chi connectivity index (χ0n) is 10.6. The number of carbonyl (C=O) groups is 1. The fourth-order valence-electron chi connectivity index (χ4n) is 2.45. The van der Waals surface area contributed by atoms with E-state index in [0.717, 1.165) is 31.6 Å². The van der Waals surface area contributed by atoms with Crippen LogP contribution in [0.15, 0.2) is 0 Å². The Labute approximate surface area is 113 Å². The molecule has 2 atom stereocenters. The third kappa shape index (κ3) is 3.19. The quantitative estimate of drug-likeness (QED) is 0.780. The minimum atomic E-state index is -3.20. The normalized spacial score (nSPS) is 30.2. The zero-order chi connectivity index (χ0) is 13.2. The van der Waals surface area contributed by atoms with Crippen LogP contribution in [0.1, 0.15) is 19.3 Å². The fourth-order valence-corrected chi connectivity index (χ4v) is 5.27. The maximum atomic E-state index is 12.4. The standard InChI is InChI=1S/C11H20N2O3S2/c1-18(15,16)10-8-17-7-6-13(10)11(14)9-4-2-3-5-12-9/h9-10,12H,2-8H2,1H3. The molecule has 18 heavy (non-hydrogen) atoms. The molecular formula is C11H20N2O3S2. The molecule has 2 aliphatic rings. The Morgan fingerprint density at radius 3 is 2.78 bits per heavy atom. The largest absolute Gasteiger partial charge is 0.323 e. The first-order chi connectivity index (χ1) is 8.50. The van der Waals surface area contributed by atoms with Crippen LogP contribution < -0.4 is 5.32 Å². The molecule has 0 aromatic rings. The molecule has 5 nitrogen and oxygen atoms in total. The van der Waals surface area contributed by atoms with Gasteiger partial charge in [-0.15, -0.1) is 0 Å². The SMILES string of the molecule is CS(=O)(=O)C1CSCCN1C(=O)C1CCCCN1. The highest BCUT2D eigenvalue weighted by Crippen LogP contribution is 2.22. The summed E-state index contributed by atoms with van der Waals surface area (Å²) in [7, 11) is -3.20. The van der Waals surface area contributed by atoms with Crippen molar-refractivity contribution in [3.05, 3.63) is 0 Å².